The number of benzene rings is 2. The normalized spacial score (nSPS) is 24.7. The average molecular weight is 347 g/mol. The van der Waals surface area contributed by atoms with E-state index in [1.165, 1.54) is 24.0 Å². The Bertz CT molecular complexity index is 811. The number of para-hydroxylation sites is 1. The summed E-state index contributed by atoms with van der Waals surface area (Å²) in [6.07, 6.45) is 4.18. The molecule has 3 aliphatic rings. The molecule has 1 spiro atoms. The van der Waals surface area contributed by atoms with Gasteiger partial charge in [0, 0.05) is 24.8 Å². The lowest BCUT2D eigenvalue weighted by atomic mass is 9.84. The van der Waals surface area contributed by atoms with Gasteiger partial charge in [-0.3, -0.25) is 9.69 Å². The van der Waals surface area contributed by atoms with Gasteiger partial charge in [-0.15, -0.1) is 0 Å². The first kappa shape index (κ1) is 15.9. The first-order chi connectivity index (χ1) is 12.8. The molecule has 0 bridgehead atoms. The second kappa shape index (κ2) is 6.13. The Labute approximate surface area is 154 Å². The number of hydrogen-bond acceptors (Lipinski definition) is 3. The molecule has 1 atom stereocenters. The van der Waals surface area contributed by atoms with Crippen molar-refractivity contribution in [1.29, 1.82) is 0 Å². The van der Waals surface area contributed by atoms with E-state index >= 15 is 0 Å². The minimum Gasteiger partial charge on any atom is -0.339 e. The van der Waals surface area contributed by atoms with Crippen molar-refractivity contribution in [3.05, 3.63) is 65.7 Å². The van der Waals surface area contributed by atoms with E-state index in [0.717, 1.165) is 31.6 Å². The van der Waals surface area contributed by atoms with Gasteiger partial charge in [0.25, 0.3) is 0 Å². The van der Waals surface area contributed by atoms with Gasteiger partial charge in [0.2, 0.25) is 5.91 Å². The van der Waals surface area contributed by atoms with Crippen LogP contribution in [0.15, 0.2) is 54.6 Å². The van der Waals surface area contributed by atoms with Crippen molar-refractivity contribution in [3.8, 4) is 0 Å². The first-order valence-electron chi connectivity index (χ1n) is 9.71. The van der Waals surface area contributed by atoms with Crippen LogP contribution in [0.3, 0.4) is 0 Å². The second-order valence-electron chi connectivity index (χ2n) is 7.75. The van der Waals surface area contributed by atoms with Gasteiger partial charge < -0.3 is 10.2 Å². The highest BCUT2D eigenvalue weighted by Crippen LogP contribution is 2.41. The summed E-state index contributed by atoms with van der Waals surface area (Å²) in [6, 6.07) is 19.7. The number of rotatable bonds is 2. The number of aryl methyl sites for hydroxylation is 1. The van der Waals surface area contributed by atoms with E-state index in [-0.39, 0.29) is 11.4 Å². The highest BCUT2D eigenvalue weighted by Gasteiger charge is 2.51. The van der Waals surface area contributed by atoms with E-state index in [0.29, 0.717) is 12.7 Å². The predicted octanol–water partition coefficient (Wildman–Crippen LogP) is 3.10. The van der Waals surface area contributed by atoms with Crippen LogP contribution in [0.2, 0.25) is 0 Å². The Morgan fingerprint density at radius 1 is 0.962 bits per heavy atom. The number of anilines is 1. The molecule has 2 saturated heterocycles. The minimum atomic E-state index is -0.379. The summed E-state index contributed by atoms with van der Waals surface area (Å²) in [5.41, 5.74) is 3.77. The summed E-state index contributed by atoms with van der Waals surface area (Å²) in [5.74, 6) is 0.202. The van der Waals surface area contributed by atoms with Crippen LogP contribution in [0.1, 0.15) is 36.4 Å². The molecule has 1 N–H and O–H groups in total. The van der Waals surface area contributed by atoms with E-state index in [9.17, 15) is 4.79 Å². The fourth-order valence-electron chi connectivity index (χ4n) is 5.15. The molecule has 2 heterocycles. The maximum absolute atomic E-state index is 12.8. The third-order valence-corrected chi connectivity index (χ3v) is 6.57. The van der Waals surface area contributed by atoms with Gasteiger partial charge in [0.1, 0.15) is 5.54 Å². The molecule has 0 aromatic heterocycles. The Morgan fingerprint density at radius 2 is 1.69 bits per heavy atom. The molecule has 1 aliphatic carbocycles. The zero-order chi connectivity index (χ0) is 17.6. The molecule has 26 heavy (non-hydrogen) atoms. The van der Waals surface area contributed by atoms with Gasteiger partial charge >= 0.3 is 0 Å². The Kier molecular flexibility index (Phi) is 3.75. The van der Waals surface area contributed by atoms with Gasteiger partial charge in [0.05, 0.1) is 6.67 Å². The molecular formula is C22H25N3O. The summed E-state index contributed by atoms with van der Waals surface area (Å²) in [7, 11) is 0. The van der Waals surface area contributed by atoms with Crippen LogP contribution in [0, 0.1) is 0 Å². The minimum absolute atomic E-state index is 0.202. The molecule has 2 aromatic rings. The van der Waals surface area contributed by atoms with Crippen molar-refractivity contribution in [3.63, 3.8) is 0 Å². The third-order valence-electron chi connectivity index (χ3n) is 6.57. The van der Waals surface area contributed by atoms with E-state index in [4.69, 9.17) is 0 Å². The molecule has 0 saturated carbocycles. The summed E-state index contributed by atoms with van der Waals surface area (Å²) >= 11 is 0. The molecule has 2 aromatic carbocycles. The Balaban J connectivity index is 1.37. The molecule has 2 fully saturated rings. The van der Waals surface area contributed by atoms with Crippen molar-refractivity contribution < 1.29 is 4.79 Å². The maximum Gasteiger partial charge on any atom is 0.247 e. The molecule has 4 heteroatoms. The molecule has 2 aliphatic heterocycles. The molecular weight excluding hydrogens is 322 g/mol. The van der Waals surface area contributed by atoms with E-state index in [1.807, 2.05) is 6.07 Å². The number of fused-ring (bicyclic) bond motifs is 1. The van der Waals surface area contributed by atoms with Gasteiger partial charge in [-0.1, -0.05) is 42.5 Å². The standard InChI is InChI=1S/C22H25N3O/c26-21-22(25(16-23-21)18-7-2-1-3-8-18)12-14-24(15-13-22)20-11-10-17-6-4-5-9-19(17)20/h1-9,20H,10-16H2,(H,23,26)/t20-/m0/s1. The average Bonchev–Trinajstić information content (AvgIpc) is 3.26. The zero-order valence-corrected chi connectivity index (χ0v) is 15.0. The fourth-order valence-corrected chi connectivity index (χ4v) is 5.15. The molecule has 0 unspecified atom stereocenters. The van der Waals surface area contributed by atoms with E-state index in [2.05, 4.69) is 63.6 Å². The monoisotopic (exact) mass is 347 g/mol. The predicted molar refractivity (Wildman–Crippen MR) is 103 cm³/mol. The molecule has 134 valence electrons. The lowest BCUT2D eigenvalue weighted by Gasteiger charge is -2.45. The van der Waals surface area contributed by atoms with Crippen LogP contribution in [0.5, 0.6) is 0 Å². The van der Waals surface area contributed by atoms with Crippen molar-refractivity contribution >= 4 is 11.6 Å². The number of amides is 1. The van der Waals surface area contributed by atoms with E-state index in [1.54, 1.807) is 0 Å². The number of carbonyl (C=O) groups excluding carboxylic acids is 1. The summed E-state index contributed by atoms with van der Waals surface area (Å²) in [6.45, 7) is 2.58. The van der Waals surface area contributed by atoms with Crippen LogP contribution < -0.4 is 10.2 Å². The molecule has 5 rings (SSSR count). The third kappa shape index (κ3) is 2.36. The molecule has 4 nitrogen and oxygen atoms in total. The zero-order valence-electron chi connectivity index (χ0n) is 15.0. The van der Waals surface area contributed by atoms with Crippen molar-refractivity contribution in [2.45, 2.75) is 37.3 Å². The Morgan fingerprint density at radius 3 is 2.50 bits per heavy atom. The lowest BCUT2D eigenvalue weighted by molar-refractivity contribution is -0.125. The Hall–Kier alpha value is -2.33. The number of nitrogens with zero attached hydrogens (tertiary/aromatic N) is 2. The van der Waals surface area contributed by atoms with E-state index < -0.39 is 0 Å². The topological polar surface area (TPSA) is 35.6 Å². The highest BCUT2D eigenvalue weighted by molar-refractivity contribution is 5.93. The number of hydrogen-bond donors (Lipinski definition) is 1. The van der Waals surface area contributed by atoms with Crippen LogP contribution in [0.25, 0.3) is 0 Å². The number of piperidine rings is 1. The van der Waals surface area contributed by atoms with Crippen molar-refractivity contribution in [2.75, 3.05) is 24.7 Å². The number of likely N-dealkylation sites (tertiary alicyclic amines) is 1. The maximum atomic E-state index is 12.8. The summed E-state index contributed by atoms with van der Waals surface area (Å²) in [5, 5.41) is 3.10. The van der Waals surface area contributed by atoms with Crippen molar-refractivity contribution in [2.24, 2.45) is 0 Å². The van der Waals surface area contributed by atoms with Crippen LogP contribution in [-0.4, -0.2) is 36.1 Å². The smallest absolute Gasteiger partial charge is 0.247 e. The highest BCUT2D eigenvalue weighted by atomic mass is 16.2. The lowest BCUT2D eigenvalue weighted by Crippen LogP contribution is -2.56. The van der Waals surface area contributed by atoms with Crippen LogP contribution in [-0.2, 0) is 11.2 Å². The SMILES string of the molecule is O=C1NCN(c2ccccc2)C12CCN([C@H]1CCc3ccccc31)CC2. The molecule has 1 amide bonds. The summed E-state index contributed by atoms with van der Waals surface area (Å²) < 4.78 is 0. The van der Waals surface area contributed by atoms with Crippen LogP contribution in [0.4, 0.5) is 5.69 Å². The van der Waals surface area contributed by atoms with Gasteiger partial charge in [-0.25, -0.2) is 0 Å². The van der Waals surface area contributed by atoms with Crippen molar-refractivity contribution in [1.82, 2.24) is 10.2 Å². The van der Waals surface area contributed by atoms with Gasteiger partial charge in [-0.2, -0.15) is 0 Å². The largest absolute Gasteiger partial charge is 0.339 e. The summed E-state index contributed by atoms with van der Waals surface area (Å²) in [4.78, 5) is 17.7. The number of carbonyl (C=O) groups is 1. The second-order valence-corrected chi connectivity index (χ2v) is 7.75. The number of nitrogens with one attached hydrogen (secondary N) is 1. The first-order valence-corrected chi connectivity index (χ1v) is 9.71. The fraction of sp³-hybridized carbons (Fsp3) is 0.409. The quantitative estimate of drug-likeness (QED) is 0.907. The van der Waals surface area contributed by atoms with Gasteiger partial charge in [0.15, 0.2) is 0 Å². The van der Waals surface area contributed by atoms with Crippen LogP contribution >= 0.6 is 0 Å². The molecule has 0 radical (unpaired) electrons. The van der Waals surface area contributed by atoms with Gasteiger partial charge in [-0.05, 0) is 48.9 Å².